The van der Waals surface area contributed by atoms with Crippen LogP contribution in [0.25, 0.3) is 0 Å². The summed E-state index contributed by atoms with van der Waals surface area (Å²) in [6.07, 6.45) is 5.52. The molecule has 0 saturated heterocycles. The van der Waals surface area contributed by atoms with Crippen molar-refractivity contribution in [3.8, 4) is 0 Å². The lowest BCUT2D eigenvalue weighted by Gasteiger charge is -2.55. The molecule has 23 heavy (non-hydrogen) atoms. The Bertz CT molecular complexity index is 619. The Kier molecular flexibility index (Phi) is 4.17. The van der Waals surface area contributed by atoms with Crippen LogP contribution in [0.3, 0.4) is 0 Å². The lowest BCUT2D eigenvalue weighted by molar-refractivity contribution is -0.144. The summed E-state index contributed by atoms with van der Waals surface area (Å²) in [7, 11) is 0. The lowest BCUT2D eigenvalue weighted by Crippen LogP contribution is -2.63. The van der Waals surface area contributed by atoms with Crippen LogP contribution >= 0.6 is 0 Å². The van der Waals surface area contributed by atoms with Gasteiger partial charge in [0.25, 0.3) is 5.91 Å². The molecule has 1 aromatic rings. The predicted octanol–water partition coefficient (Wildman–Crippen LogP) is 3.81. The van der Waals surface area contributed by atoms with Crippen LogP contribution in [-0.2, 0) is 4.79 Å². The number of amides is 1. The largest absolute Gasteiger partial charge is 0.481 e. The fourth-order valence-corrected chi connectivity index (χ4v) is 4.58. The van der Waals surface area contributed by atoms with Gasteiger partial charge in [-0.1, -0.05) is 44.4 Å². The zero-order chi connectivity index (χ0) is 16.6. The number of fused-ring (bicyclic) bond motifs is 1. The van der Waals surface area contributed by atoms with Crippen molar-refractivity contribution in [3.05, 3.63) is 35.4 Å². The molecule has 1 aromatic carbocycles. The smallest absolute Gasteiger partial charge is 0.313 e. The molecule has 0 aromatic heterocycles. The number of carbonyl (C=O) groups excluding carboxylic acids is 1. The first-order valence-electron chi connectivity index (χ1n) is 8.68. The predicted molar refractivity (Wildman–Crippen MR) is 88.6 cm³/mol. The second-order valence-corrected chi connectivity index (χ2v) is 6.96. The zero-order valence-electron chi connectivity index (χ0n) is 13.9. The van der Waals surface area contributed by atoms with Crippen LogP contribution in [0.2, 0.25) is 0 Å². The molecule has 1 N–H and O–H groups in total. The van der Waals surface area contributed by atoms with E-state index in [1.807, 2.05) is 30.0 Å². The molecule has 1 aliphatic carbocycles. The maximum absolute atomic E-state index is 13.2. The standard InChI is InChI=1S/C19H25NO3/c1-3-13(2)20-17(21)15-10-6-5-9-14(15)16(18(22)23)19(20)11-7-4-8-12-19/h5-6,9-10,13,16H,3-4,7-8,11-12H2,1-2H3,(H,22,23). The zero-order valence-corrected chi connectivity index (χ0v) is 13.9. The maximum Gasteiger partial charge on any atom is 0.313 e. The third kappa shape index (κ3) is 2.35. The first kappa shape index (κ1) is 16.0. The van der Waals surface area contributed by atoms with Gasteiger partial charge in [0, 0.05) is 11.6 Å². The molecule has 0 radical (unpaired) electrons. The average molecular weight is 315 g/mol. The summed E-state index contributed by atoms with van der Waals surface area (Å²) in [4.78, 5) is 27.3. The molecule has 2 unspecified atom stereocenters. The second kappa shape index (κ2) is 5.99. The van der Waals surface area contributed by atoms with E-state index in [2.05, 4.69) is 6.92 Å². The number of nitrogens with zero attached hydrogens (tertiary/aromatic N) is 1. The van der Waals surface area contributed by atoms with Gasteiger partial charge in [-0.3, -0.25) is 9.59 Å². The number of carboxylic acids is 1. The van der Waals surface area contributed by atoms with Crippen molar-refractivity contribution in [1.29, 1.82) is 0 Å². The monoisotopic (exact) mass is 315 g/mol. The fourth-order valence-electron chi connectivity index (χ4n) is 4.58. The van der Waals surface area contributed by atoms with Gasteiger partial charge >= 0.3 is 5.97 Å². The van der Waals surface area contributed by atoms with E-state index in [4.69, 9.17) is 0 Å². The van der Waals surface area contributed by atoms with Crippen molar-refractivity contribution in [1.82, 2.24) is 4.90 Å². The van der Waals surface area contributed by atoms with Crippen molar-refractivity contribution < 1.29 is 14.7 Å². The van der Waals surface area contributed by atoms with E-state index in [0.717, 1.165) is 38.5 Å². The molecule has 3 rings (SSSR count). The number of aliphatic carboxylic acids is 1. The summed E-state index contributed by atoms with van der Waals surface area (Å²) >= 11 is 0. The molecule has 2 atom stereocenters. The van der Waals surface area contributed by atoms with Crippen molar-refractivity contribution in [2.75, 3.05) is 0 Å². The van der Waals surface area contributed by atoms with E-state index in [-0.39, 0.29) is 11.9 Å². The lowest BCUT2D eigenvalue weighted by atomic mass is 9.65. The SMILES string of the molecule is CCC(C)N1C(=O)c2ccccc2C(C(=O)O)C12CCCCC2. The number of hydrogen-bond donors (Lipinski definition) is 1. The first-order valence-corrected chi connectivity index (χ1v) is 8.68. The highest BCUT2D eigenvalue weighted by Gasteiger charge is 2.55. The number of benzene rings is 1. The third-order valence-corrected chi connectivity index (χ3v) is 5.74. The Morgan fingerprint density at radius 1 is 1.30 bits per heavy atom. The highest BCUT2D eigenvalue weighted by Crippen LogP contribution is 2.50. The van der Waals surface area contributed by atoms with Crippen molar-refractivity contribution >= 4 is 11.9 Å². The summed E-state index contributed by atoms with van der Waals surface area (Å²) in [6, 6.07) is 7.33. The van der Waals surface area contributed by atoms with E-state index >= 15 is 0 Å². The Morgan fingerprint density at radius 3 is 2.57 bits per heavy atom. The van der Waals surface area contributed by atoms with E-state index in [0.29, 0.717) is 11.1 Å². The molecule has 4 heteroatoms. The van der Waals surface area contributed by atoms with Crippen LogP contribution in [-0.4, -0.2) is 33.5 Å². The van der Waals surface area contributed by atoms with Crippen molar-refractivity contribution in [2.24, 2.45) is 0 Å². The average Bonchev–Trinajstić information content (AvgIpc) is 2.55. The second-order valence-electron chi connectivity index (χ2n) is 6.96. The fraction of sp³-hybridized carbons (Fsp3) is 0.579. The number of carboxylic acid groups (broad SMARTS) is 1. The molecule has 2 aliphatic rings. The Balaban J connectivity index is 2.23. The molecule has 124 valence electrons. The molecular formula is C19H25NO3. The summed E-state index contributed by atoms with van der Waals surface area (Å²) in [5.41, 5.74) is 0.702. The van der Waals surface area contributed by atoms with Crippen LogP contribution in [0.15, 0.2) is 24.3 Å². The minimum atomic E-state index is -0.805. The molecular weight excluding hydrogens is 290 g/mol. The summed E-state index contributed by atoms with van der Waals surface area (Å²) in [5, 5.41) is 10.0. The highest BCUT2D eigenvalue weighted by molar-refractivity contribution is 6.01. The maximum atomic E-state index is 13.2. The molecule has 0 bridgehead atoms. The van der Waals surface area contributed by atoms with Crippen molar-refractivity contribution in [3.63, 3.8) is 0 Å². The first-order chi connectivity index (χ1) is 11.0. The minimum absolute atomic E-state index is 0.00866. The molecule has 1 amide bonds. The summed E-state index contributed by atoms with van der Waals surface area (Å²) in [6.45, 7) is 4.10. The summed E-state index contributed by atoms with van der Waals surface area (Å²) in [5.74, 6) is -1.42. The number of carbonyl (C=O) groups is 2. The van der Waals surface area contributed by atoms with E-state index in [1.54, 1.807) is 6.07 Å². The molecule has 4 nitrogen and oxygen atoms in total. The molecule has 1 heterocycles. The topological polar surface area (TPSA) is 57.6 Å². The van der Waals surface area contributed by atoms with Crippen LogP contribution in [0, 0.1) is 0 Å². The minimum Gasteiger partial charge on any atom is -0.481 e. The van der Waals surface area contributed by atoms with Crippen LogP contribution in [0.1, 0.15) is 74.2 Å². The van der Waals surface area contributed by atoms with Crippen molar-refractivity contribution in [2.45, 2.75) is 69.9 Å². The van der Waals surface area contributed by atoms with Gasteiger partial charge in [-0.25, -0.2) is 0 Å². The van der Waals surface area contributed by atoms with Gasteiger partial charge < -0.3 is 10.0 Å². The van der Waals surface area contributed by atoms with E-state index < -0.39 is 17.4 Å². The Hall–Kier alpha value is -1.84. The van der Waals surface area contributed by atoms with E-state index in [1.165, 1.54) is 0 Å². The van der Waals surface area contributed by atoms with Gasteiger partial charge in [-0.15, -0.1) is 0 Å². The Labute approximate surface area is 137 Å². The van der Waals surface area contributed by atoms with Gasteiger partial charge in [0.15, 0.2) is 0 Å². The molecule has 1 saturated carbocycles. The molecule has 1 spiro atoms. The van der Waals surface area contributed by atoms with Gasteiger partial charge in [0.1, 0.15) is 5.92 Å². The van der Waals surface area contributed by atoms with Gasteiger partial charge in [0.2, 0.25) is 0 Å². The van der Waals surface area contributed by atoms with Crippen LogP contribution in [0.4, 0.5) is 0 Å². The van der Waals surface area contributed by atoms with Crippen LogP contribution < -0.4 is 0 Å². The van der Waals surface area contributed by atoms with Gasteiger partial charge in [-0.2, -0.15) is 0 Å². The van der Waals surface area contributed by atoms with Crippen LogP contribution in [0.5, 0.6) is 0 Å². The number of rotatable bonds is 3. The Morgan fingerprint density at radius 2 is 1.96 bits per heavy atom. The quantitative estimate of drug-likeness (QED) is 0.922. The number of hydrogen-bond acceptors (Lipinski definition) is 2. The van der Waals surface area contributed by atoms with E-state index in [9.17, 15) is 14.7 Å². The molecule has 1 fully saturated rings. The molecule has 1 aliphatic heterocycles. The van der Waals surface area contributed by atoms with Gasteiger partial charge in [0.05, 0.1) is 5.54 Å². The third-order valence-electron chi connectivity index (χ3n) is 5.74. The van der Waals surface area contributed by atoms with Gasteiger partial charge in [-0.05, 0) is 37.8 Å². The normalized spacial score (nSPS) is 24.3. The summed E-state index contributed by atoms with van der Waals surface area (Å²) < 4.78 is 0. The highest BCUT2D eigenvalue weighted by atomic mass is 16.4.